The van der Waals surface area contributed by atoms with Crippen molar-refractivity contribution in [3.63, 3.8) is 0 Å². The van der Waals surface area contributed by atoms with Crippen LogP contribution in [0.15, 0.2) is 72.8 Å². The molecule has 7 N–H and O–H groups in total. The Bertz CT molecular complexity index is 1900. The molecule has 1 aliphatic heterocycles. The predicted octanol–water partition coefficient (Wildman–Crippen LogP) is 5.03. The number of carbonyl (C=O) groups is 3. The van der Waals surface area contributed by atoms with Crippen LogP contribution in [0.5, 0.6) is 0 Å². The van der Waals surface area contributed by atoms with Gasteiger partial charge in [-0.3, -0.25) is 9.59 Å². The van der Waals surface area contributed by atoms with Crippen LogP contribution < -0.4 is 22.5 Å². The molecule has 0 spiro atoms. The lowest BCUT2D eigenvalue weighted by molar-refractivity contribution is -0.132. The Morgan fingerprint density at radius 1 is 0.943 bits per heavy atom. The van der Waals surface area contributed by atoms with Gasteiger partial charge >= 0.3 is 6.09 Å². The molecular formula is C40H47ClN8O4. The SMILES string of the molecule is Cc1ccccc1C[C@@H](CNC(=O)c1nc(Cl)c(N)nc1N)CN(CC1CCN(C(=O)CCN)CC1)C(=O)OCC1c2ccccc2-c2ccccc21. The second-order valence-electron chi connectivity index (χ2n) is 13.9. The lowest BCUT2D eigenvalue weighted by Crippen LogP contribution is -2.46. The van der Waals surface area contributed by atoms with Crippen molar-refractivity contribution in [2.45, 2.75) is 38.5 Å². The molecule has 0 unspecified atom stereocenters. The van der Waals surface area contributed by atoms with Crippen molar-refractivity contribution in [3.8, 4) is 11.1 Å². The number of piperidine rings is 1. The molecule has 4 aromatic rings. The molecule has 3 amide bonds. The zero-order valence-corrected chi connectivity index (χ0v) is 30.7. The summed E-state index contributed by atoms with van der Waals surface area (Å²) in [5.41, 5.74) is 24.0. The van der Waals surface area contributed by atoms with E-state index in [4.69, 9.17) is 33.5 Å². The topological polar surface area (TPSA) is 183 Å². The Morgan fingerprint density at radius 3 is 2.25 bits per heavy atom. The van der Waals surface area contributed by atoms with Gasteiger partial charge < -0.3 is 37.1 Å². The average molecular weight is 739 g/mol. The first-order valence-corrected chi connectivity index (χ1v) is 18.5. The number of likely N-dealkylation sites (tertiary alicyclic amines) is 1. The Kier molecular flexibility index (Phi) is 12.1. The average Bonchev–Trinajstić information content (AvgIpc) is 3.48. The van der Waals surface area contributed by atoms with Crippen LogP contribution in [0.3, 0.4) is 0 Å². The summed E-state index contributed by atoms with van der Waals surface area (Å²) < 4.78 is 6.20. The minimum absolute atomic E-state index is 0.0566. The number of rotatable bonds is 13. The number of aryl methyl sites for hydroxylation is 1. The van der Waals surface area contributed by atoms with Crippen molar-refractivity contribution in [2.24, 2.45) is 17.6 Å². The van der Waals surface area contributed by atoms with Crippen molar-refractivity contribution in [3.05, 3.63) is 106 Å². The number of ether oxygens (including phenoxy) is 1. The van der Waals surface area contributed by atoms with Crippen LogP contribution in [0.1, 0.15) is 57.9 Å². The third-order valence-electron chi connectivity index (χ3n) is 10.3. The summed E-state index contributed by atoms with van der Waals surface area (Å²) in [4.78, 5) is 51.8. The van der Waals surface area contributed by atoms with Gasteiger partial charge in [0.1, 0.15) is 6.61 Å². The van der Waals surface area contributed by atoms with Gasteiger partial charge in [0.05, 0.1) is 0 Å². The fourth-order valence-corrected chi connectivity index (χ4v) is 7.59. The van der Waals surface area contributed by atoms with Gasteiger partial charge in [0.2, 0.25) is 5.91 Å². The number of nitrogens with zero attached hydrogens (tertiary/aromatic N) is 4. The molecule has 2 heterocycles. The monoisotopic (exact) mass is 738 g/mol. The third-order valence-corrected chi connectivity index (χ3v) is 10.6. The maximum absolute atomic E-state index is 14.3. The summed E-state index contributed by atoms with van der Waals surface area (Å²) in [6.07, 6.45) is 1.98. The first-order valence-electron chi connectivity index (χ1n) is 18.1. The number of aromatic nitrogens is 2. The molecule has 1 aromatic heterocycles. The molecule has 3 aromatic carbocycles. The van der Waals surface area contributed by atoms with E-state index in [-0.39, 0.29) is 59.3 Å². The molecule has 1 aliphatic carbocycles. The fraction of sp³-hybridized carbons (Fsp3) is 0.375. The van der Waals surface area contributed by atoms with Crippen molar-refractivity contribution in [1.82, 2.24) is 25.1 Å². The first kappa shape index (κ1) is 37.6. The fourth-order valence-electron chi connectivity index (χ4n) is 7.46. The second-order valence-corrected chi connectivity index (χ2v) is 14.3. The second kappa shape index (κ2) is 17.1. The van der Waals surface area contributed by atoms with E-state index >= 15 is 0 Å². The molecule has 1 atom stereocenters. The van der Waals surface area contributed by atoms with Gasteiger partial charge in [-0.15, -0.1) is 0 Å². The molecule has 6 rings (SSSR count). The van der Waals surface area contributed by atoms with Gasteiger partial charge in [-0.1, -0.05) is 84.4 Å². The molecule has 13 heteroatoms. The number of hydrogen-bond acceptors (Lipinski definition) is 9. The lowest BCUT2D eigenvalue weighted by Gasteiger charge is -2.36. The van der Waals surface area contributed by atoms with Crippen LogP contribution in [0, 0.1) is 18.8 Å². The van der Waals surface area contributed by atoms with Gasteiger partial charge in [-0.25, -0.2) is 14.8 Å². The van der Waals surface area contributed by atoms with Gasteiger partial charge in [0.25, 0.3) is 5.91 Å². The minimum Gasteiger partial charge on any atom is -0.448 e. The maximum Gasteiger partial charge on any atom is 0.409 e. The van der Waals surface area contributed by atoms with E-state index in [2.05, 4.69) is 45.6 Å². The van der Waals surface area contributed by atoms with Crippen molar-refractivity contribution < 1.29 is 19.1 Å². The number of benzene rings is 3. The molecule has 12 nitrogen and oxygen atoms in total. The summed E-state index contributed by atoms with van der Waals surface area (Å²) in [5.74, 6) is -0.841. The highest BCUT2D eigenvalue weighted by atomic mass is 35.5. The standard InChI is InChI=1S/C40H47ClN8O4/c1-25-8-2-3-9-28(25)20-27(21-45-39(51)35-37(43)47-38(44)36(41)46-35)23-49(22-26-15-18-48(19-16-26)34(50)14-17-42)40(52)53-24-33-31-12-6-4-10-29(31)30-11-5-7-13-32(30)33/h2-13,26-27,33H,14-24,42H2,1H3,(H,45,51)(H4,43,44,47)/t27-/m0/s1. The van der Waals surface area contributed by atoms with E-state index in [0.29, 0.717) is 45.6 Å². The maximum atomic E-state index is 14.3. The van der Waals surface area contributed by atoms with E-state index < -0.39 is 12.0 Å². The van der Waals surface area contributed by atoms with E-state index in [0.717, 1.165) is 46.2 Å². The number of amides is 3. The van der Waals surface area contributed by atoms with E-state index in [1.54, 1.807) is 4.90 Å². The normalized spacial score (nSPS) is 14.7. The van der Waals surface area contributed by atoms with Crippen molar-refractivity contribution in [2.75, 3.05) is 57.3 Å². The number of anilines is 2. The number of fused-ring (bicyclic) bond motifs is 3. The molecule has 0 radical (unpaired) electrons. The summed E-state index contributed by atoms with van der Waals surface area (Å²) in [6, 6.07) is 24.5. The van der Waals surface area contributed by atoms with Crippen LogP contribution in [-0.4, -0.2) is 83.6 Å². The smallest absolute Gasteiger partial charge is 0.409 e. The molecule has 1 fully saturated rings. The van der Waals surface area contributed by atoms with E-state index in [1.807, 2.05) is 54.3 Å². The van der Waals surface area contributed by atoms with Crippen LogP contribution in [-0.2, 0) is 16.0 Å². The first-order chi connectivity index (χ1) is 25.6. The van der Waals surface area contributed by atoms with Crippen LogP contribution in [0.25, 0.3) is 11.1 Å². The zero-order chi connectivity index (χ0) is 37.5. The predicted molar refractivity (Wildman–Crippen MR) is 206 cm³/mol. The quantitative estimate of drug-likeness (QED) is 0.146. The summed E-state index contributed by atoms with van der Waals surface area (Å²) in [5, 5.41) is 2.84. The Labute approximate surface area is 315 Å². The number of nitrogens with one attached hydrogen (secondary N) is 1. The number of halogens is 1. The highest BCUT2D eigenvalue weighted by molar-refractivity contribution is 6.31. The lowest BCUT2D eigenvalue weighted by atomic mass is 9.93. The molecule has 1 saturated heterocycles. The molecule has 0 saturated carbocycles. The number of nitrogens with two attached hydrogens (primary N) is 3. The summed E-state index contributed by atoms with van der Waals surface area (Å²) in [6.45, 7) is 4.72. The Morgan fingerprint density at radius 2 is 1.58 bits per heavy atom. The van der Waals surface area contributed by atoms with E-state index in [9.17, 15) is 14.4 Å². The van der Waals surface area contributed by atoms with Crippen LogP contribution >= 0.6 is 11.6 Å². The van der Waals surface area contributed by atoms with Crippen molar-refractivity contribution >= 4 is 41.1 Å². The highest BCUT2D eigenvalue weighted by Gasteiger charge is 2.32. The number of carbonyl (C=O) groups excluding carboxylic acids is 3. The minimum atomic E-state index is -0.547. The molecule has 2 aliphatic rings. The van der Waals surface area contributed by atoms with Gasteiger partial charge in [0, 0.05) is 51.6 Å². The molecule has 278 valence electrons. The van der Waals surface area contributed by atoms with Gasteiger partial charge in [0.15, 0.2) is 22.5 Å². The number of hydrogen-bond donors (Lipinski definition) is 4. The summed E-state index contributed by atoms with van der Waals surface area (Å²) >= 11 is 6.07. The third kappa shape index (κ3) is 8.89. The van der Waals surface area contributed by atoms with Crippen LogP contribution in [0.4, 0.5) is 16.4 Å². The molecular weight excluding hydrogens is 692 g/mol. The van der Waals surface area contributed by atoms with Crippen LogP contribution in [0.2, 0.25) is 5.15 Å². The highest BCUT2D eigenvalue weighted by Crippen LogP contribution is 2.44. The molecule has 53 heavy (non-hydrogen) atoms. The van der Waals surface area contributed by atoms with Gasteiger partial charge in [-0.05, 0) is 71.4 Å². The zero-order valence-electron chi connectivity index (χ0n) is 30.0. The van der Waals surface area contributed by atoms with E-state index in [1.165, 1.54) is 0 Å². The van der Waals surface area contributed by atoms with Crippen molar-refractivity contribution in [1.29, 1.82) is 0 Å². The number of nitrogen functional groups attached to an aromatic ring is 2. The Balaban J connectivity index is 1.23. The molecule has 0 bridgehead atoms. The summed E-state index contributed by atoms with van der Waals surface area (Å²) in [7, 11) is 0. The Hall–Kier alpha value is -5.20. The largest absolute Gasteiger partial charge is 0.448 e. The van der Waals surface area contributed by atoms with Gasteiger partial charge in [-0.2, -0.15) is 0 Å².